The van der Waals surface area contributed by atoms with E-state index in [4.69, 9.17) is 8.83 Å². The second-order valence-corrected chi connectivity index (χ2v) is 14.3. The van der Waals surface area contributed by atoms with E-state index in [1.165, 1.54) is 18.2 Å². The third-order valence-corrected chi connectivity index (χ3v) is 11.4. The van der Waals surface area contributed by atoms with Crippen LogP contribution in [-0.4, -0.2) is 9.13 Å². The zero-order valence-corrected chi connectivity index (χ0v) is 29.4. The molecule has 12 rings (SSSR count). The standard InChI is InChI=1S/C49H28F2N2O2/c1-27-25-40(53-38-18-7-3-12-29(38)31-22-24-44-47(49(31)53)33-14-5-9-20-42(33)55-44)34(45-35(50)15-10-16-36(45)51)26-39(27)52-37-17-6-2-11-28(37)30-21-23-43-46(48(30)52)32-13-4-8-19-41(32)54-43/h2-26H,1H3. The van der Waals surface area contributed by atoms with Gasteiger partial charge in [0.2, 0.25) is 0 Å². The van der Waals surface area contributed by atoms with Gasteiger partial charge in [0, 0.05) is 43.6 Å². The highest BCUT2D eigenvalue weighted by molar-refractivity contribution is 6.26. The van der Waals surface area contributed by atoms with Crippen LogP contribution in [0.5, 0.6) is 0 Å². The lowest BCUT2D eigenvalue weighted by Gasteiger charge is -2.20. The lowest BCUT2D eigenvalue weighted by molar-refractivity contribution is 0.589. The summed E-state index contributed by atoms with van der Waals surface area (Å²) in [7, 11) is 0. The van der Waals surface area contributed by atoms with Crippen LogP contribution < -0.4 is 0 Å². The van der Waals surface area contributed by atoms with Gasteiger partial charge < -0.3 is 18.0 Å². The summed E-state index contributed by atoms with van der Waals surface area (Å²) in [5.41, 5.74) is 9.62. The second-order valence-electron chi connectivity index (χ2n) is 14.3. The van der Waals surface area contributed by atoms with Crippen LogP contribution in [0.15, 0.2) is 160 Å². The number of halogens is 2. The predicted molar refractivity (Wildman–Crippen MR) is 220 cm³/mol. The summed E-state index contributed by atoms with van der Waals surface area (Å²) >= 11 is 0. The minimum absolute atomic E-state index is 0.0893. The number of furan rings is 2. The molecule has 6 heteroatoms. The first-order valence-corrected chi connectivity index (χ1v) is 18.3. The Morgan fingerprint density at radius 1 is 0.418 bits per heavy atom. The molecule has 0 spiro atoms. The molecular weight excluding hydrogens is 687 g/mol. The largest absolute Gasteiger partial charge is 0.456 e. The molecule has 0 aliphatic heterocycles. The first-order valence-electron chi connectivity index (χ1n) is 18.3. The monoisotopic (exact) mass is 714 g/mol. The van der Waals surface area contributed by atoms with Crippen molar-refractivity contribution in [3.8, 4) is 22.5 Å². The molecule has 0 amide bonds. The van der Waals surface area contributed by atoms with Gasteiger partial charge in [-0.25, -0.2) is 8.78 Å². The van der Waals surface area contributed by atoms with Crippen LogP contribution in [0, 0.1) is 18.6 Å². The van der Waals surface area contributed by atoms with E-state index in [2.05, 4.69) is 70.7 Å². The summed E-state index contributed by atoms with van der Waals surface area (Å²) in [5.74, 6) is -1.28. The molecule has 4 nitrogen and oxygen atoms in total. The van der Waals surface area contributed by atoms with E-state index < -0.39 is 11.6 Å². The smallest absolute Gasteiger partial charge is 0.137 e. The number of hydrogen-bond donors (Lipinski definition) is 0. The van der Waals surface area contributed by atoms with Crippen LogP contribution in [0.1, 0.15) is 5.56 Å². The number of nitrogens with zero attached hydrogens (tertiary/aromatic N) is 2. The quantitative estimate of drug-likeness (QED) is 0.183. The van der Waals surface area contributed by atoms with E-state index in [1.54, 1.807) is 0 Å². The molecule has 0 fully saturated rings. The predicted octanol–water partition coefficient (Wildman–Crippen LogP) is 13.9. The van der Waals surface area contributed by atoms with Crippen molar-refractivity contribution in [3.63, 3.8) is 0 Å². The molecule has 0 bridgehead atoms. The molecule has 55 heavy (non-hydrogen) atoms. The van der Waals surface area contributed by atoms with Crippen molar-refractivity contribution in [1.29, 1.82) is 0 Å². The van der Waals surface area contributed by atoms with Crippen LogP contribution >= 0.6 is 0 Å². The Hall–Kier alpha value is -7.18. The number of para-hydroxylation sites is 4. The second kappa shape index (κ2) is 10.9. The number of benzene rings is 8. The summed E-state index contributed by atoms with van der Waals surface area (Å²) in [4.78, 5) is 0. The highest BCUT2D eigenvalue weighted by atomic mass is 19.1. The van der Waals surface area contributed by atoms with Crippen molar-refractivity contribution in [3.05, 3.63) is 169 Å². The van der Waals surface area contributed by atoms with E-state index in [0.717, 1.165) is 98.7 Å². The number of rotatable bonds is 3. The van der Waals surface area contributed by atoms with Gasteiger partial charge in [0.1, 0.15) is 34.0 Å². The van der Waals surface area contributed by atoms with Gasteiger partial charge in [0.25, 0.3) is 0 Å². The van der Waals surface area contributed by atoms with Gasteiger partial charge in [-0.3, -0.25) is 0 Å². The molecule has 0 saturated carbocycles. The van der Waals surface area contributed by atoms with Crippen molar-refractivity contribution >= 4 is 87.5 Å². The molecule has 260 valence electrons. The first kappa shape index (κ1) is 30.3. The zero-order chi connectivity index (χ0) is 36.5. The van der Waals surface area contributed by atoms with Crippen molar-refractivity contribution < 1.29 is 17.6 Å². The van der Waals surface area contributed by atoms with Crippen molar-refractivity contribution in [2.45, 2.75) is 6.92 Å². The highest BCUT2D eigenvalue weighted by Gasteiger charge is 2.26. The maximum Gasteiger partial charge on any atom is 0.137 e. The Kier molecular flexibility index (Phi) is 6.02. The Morgan fingerprint density at radius 2 is 0.891 bits per heavy atom. The SMILES string of the molecule is Cc1cc(-n2c3ccccc3c3ccc4oc5ccccc5c4c32)c(-c2c(F)cccc2F)cc1-n1c2ccccc2c2ccc3oc4ccccc4c3c21. The Balaban J connectivity index is 1.28. The maximum atomic E-state index is 16.3. The zero-order valence-electron chi connectivity index (χ0n) is 29.4. The first-order chi connectivity index (χ1) is 27.0. The van der Waals surface area contributed by atoms with Gasteiger partial charge in [-0.1, -0.05) is 78.9 Å². The van der Waals surface area contributed by atoms with E-state index in [9.17, 15) is 0 Å². The van der Waals surface area contributed by atoms with Crippen LogP contribution in [0.4, 0.5) is 8.78 Å². The van der Waals surface area contributed by atoms with Crippen LogP contribution in [0.3, 0.4) is 0 Å². The highest BCUT2D eigenvalue weighted by Crippen LogP contribution is 2.46. The molecule has 0 unspecified atom stereocenters. The number of aryl methyl sites for hydroxylation is 1. The van der Waals surface area contributed by atoms with Crippen LogP contribution in [0.25, 0.3) is 110 Å². The van der Waals surface area contributed by atoms with Gasteiger partial charge in [-0.05, 0) is 85.3 Å². The lowest BCUT2D eigenvalue weighted by Crippen LogP contribution is -2.05. The van der Waals surface area contributed by atoms with Gasteiger partial charge in [0.15, 0.2) is 0 Å². The molecule has 0 saturated heterocycles. The van der Waals surface area contributed by atoms with E-state index >= 15 is 8.78 Å². The summed E-state index contributed by atoms with van der Waals surface area (Å²) in [6, 6.07) is 49.0. The van der Waals surface area contributed by atoms with Crippen molar-refractivity contribution in [1.82, 2.24) is 9.13 Å². The van der Waals surface area contributed by atoms with Crippen molar-refractivity contribution in [2.75, 3.05) is 0 Å². The minimum atomic E-state index is -0.638. The Labute approximate surface area is 311 Å². The average Bonchev–Trinajstić information content (AvgIpc) is 3.95. The summed E-state index contributed by atoms with van der Waals surface area (Å²) in [6.45, 7) is 2.07. The summed E-state index contributed by atoms with van der Waals surface area (Å²) in [5, 5.41) is 8.10. The number of hydrogen-bond acceptors (Lipinski definition) is 2. The molecule has 4 aromatic heterocycles. The Bertz CT molecular complexity index is 3580. The van der Waals surface area contributed by atoms with Gasteiger partial charge in [0.05, 0.1) is 44.1 Å². The molecule has 0 aliphatic rings. The summed E-state index contributed by atoms with van der Waals surface area (Å²) < 4.78 is 49.9. The molecule has 0 N–H and O–H groups in total. The lowest BCUT2D eigenvalue weighted by atomic mass is 9.98. The molecular formula is C49H28F2N2O2. The van der Waals surface area contributed by atoms with Gasteiger partial charge in [-0.2, -0.15) is 0 Å². The molecule has 0 atom stereocenters. The maximum absolute atomic E-state index is 16.3. The van der Waals surface area contributed by atoms with Crippen molar-refractivity contribution in [2.24, 2.45) is 0 Å². The fourth-order valence-corrected chi connectivity index (χ4v) is 9.09. The Morgan fingerprint density at radius 3 is 1.44 bits per heavy atom. The average molecular weight is 715 g/mol. The third kappa shape index (κ3) is 4.03. The minimum Gasteiger partial charge on any atom is -0.456 e. The fourth-order valence-electron chi connectivity index (χ4n) is 9.09. The normalized spacial score (nSPS) is 12.3. The van der Waals surface area contributed by atoms with Crippen LogP contribution in [0.2, 0.25) is 0 Å². The van der Waals surface area contributed by atoms with E-state index in [0.29, 0.717) is 11.3 Å². The van der Waals surface area contributed by atoms with Gasteiger partial charge >= 0.3 is 0 Å². The van der Waals surface area contributed by atoms with Crippen LogP contribution in [-0.2, 0) is 0 Å². The fraction of sp³-hybridized carbons (Fsp3) is 0.0204. The molecule has 0 radical (unpaired) electrons. The van der Waals surface area contributed by atoms with Gasteiger partial charge in [-0.15, -0.1) is 0 Å². The van der Waals surface area contributed by atoms with E-state index in [-0.39, 0.29) is 5.56 Å². The third-order valence-electron chi connectivity index (χ3n) is 11.4. The summed E-state index contributed by atoms with van der Waals surface area (Å²) in [6.07, 6.45) is 0. The molecule has 4 heterocycles. The molecule has 0 aliphatic carbocycles. The molecule has 8 aromatic carbocycles. The molecule has 12 aromatic rings. The number of fused-ring (bicyclic) bond motifs is 14. The topological polar surface area (TPSA) is 36.1 Å². The number of aromatic nitrogens is 2. The van der Waals surface area contributed by atoms with E-state index in [1.807, 2.05) is 78.9 Å².